The zero-order valence-corrected chi connectivity index (χ0v) is 11.7. The average molecular weight is 302 g/mol. The van der Waals surface area contributed by atoms with Gasteiger partial charge in [-0.2, -0.15) is 0 Å². The summed E-state index contributed by atoms with van der Waals surface area (Å²) in [6.45, 7) is 1.90. The fraction of sp³-hybridized carbons (Fsp3) is 0.538. The number of nitro groups is 1. The van der Waals surface area contributed by atoms with E-state index in [1.165, 1.54) is 18.2 Å². The maximum atomic E-state index is 10.8. The van der Waals surface area contributed by atoms with Gasteiger partial charge < -0.3 is 14.2 Å². The molecule has 110 valence electrons. The third-order valence-corrected chi connectivity index (χ3v) is 3.17. The quantitative estimate of drug-likeness (QED) is 0.440. The third-order valence-electron chi connectivity index (χ3n) is 2.93. The Balaban J connectivity index is 1.75. The molecule has 1 aromatic rings. The molecule has 0 radical (unpaired) electrons. The second-order valence-corrected chi connectivity index (χ2v) is 4.86. The van der Waals surface area contributed by atoms with Gasteiger partial charge in [-0.15, -0.1) is 0 Å². The average Bonchev–Trinajstić information content (AvgIpc) is 2.91. The molecule has 1 aromatic carbocycles. The lowest BCUT2D eigenvalue weighted by Crippen LogP contribution is -2.17. The number of hydrogen-bond donors (Lipinski definition) is 0. The van der Waals surface area contributed by atoms with Gasteiger partial charge in [-0.05, 0) is 18.9 Å². The van der Waals surface area contributed by atoms with E-state index in [2.05, 4.69) is 0 Å². The molecule has 0 aliphatic carbocycles. The molecule has 1 aliphatic heterocycles. The van der Waals surface area contributed by atoms with Gasteiger partial charge in [-0.25, -0.2) is 0 Å². The third kappa shape index (κ3) is 4.33. The summed E-state index contributed by atoms with van der Waals surface area (Å²) < 4.78 is 16.2. The van der Waals surface area contributed by atoms with Crippen molar-refractivity contribution in [1.29, 1.82) is 0 Å². The van der Waals surface area contributed by atoms with Crippen LogP contribution in [0.2, 0.25) is 5.02 Å². The van der Waals surface area contributed by atoms with Crippen LogP contribution in [-0.2, 0) is 9.47 Å². The van der Waals surface area contributed by atoms with Crippen LogP contribution in [0.5, 0.6) is 5.75 Å². The standard InChI is InChI=1S/C13H16ClNO5/c14-10-3-4-12(15(16)17)13(8-10)20-7-6-18-9-11-2-1-5-19-11/h3-4,8,11H,1-2,5-7,9H2/t11-/m0/s1. The Kier molecular flexibility index (Phi) is 5.58. The predicted octanol–water partition coefficient (Wildman–Crippen LogP) is 2.82. The van der Waals surface area contributed by atoms with Crippen LogP contribution in [0.1, 0.15) is 12.8 Å². The Labute approximate surface area is 121 Å². The smallest absolute Gasteiger partial charge is 0.311 e. The van der Waals surface area contributed by atoms with E-state index in [-0.39, 0.29) is 24.1 Å². The Morgan fingerprint density at radius 3 is 3.00 bits per heavy atom. The van der Waals surface area contributed by atoms with Crippen molar-refractivity contribution < 1.29 is 19.1 Å². The molecule has 1 fully saturated rings. The van der Waals surface area contributed by atoms with Crippen molar-refractivity contribution in [2.45, 2.75) is 18.9 Å². The van der Waals surface area contributed by atoms with Crippen LogP contribution in [0.3, 0.4) is 0 Å². The minimum absolute atomic E-state index is 0.103. The van der Waals surface area contributed by atoms with Gasteiger partial charge in [0.15, 0.2) is 5.75 Å². The molecule has 0 amide bonds. The van der Waals surface area contributed by atoms with Crippen LogP contribution >= 0.6 is 11.6 Å². The molecule has 1 saturated heterocycles. The summed E-state index contributed by atoms with van der Waals surface area (Å²) >= 11 is 5.80. The van der Waals surface area contributed by atoms with Crippen molar-refractivity contribution in [3.05, 3.63) is 33.3 Å². The van der Waals surface area contributed by atoms with Crippen molar-refractivity contribution in [2.75, 3.05) is 26.4 Å². The number of benzene rings is 1. The van der Waals surface area contributed by atoms with Crippen LogP contribution in [0.4, 0.5) is 5.69 Å². The minimum atomic E-state index is -0.501. The SMILES string of the molecule is O=[N+]([O-])c1ccc(Cl)cc1OCCOC[C@@H]1CCCO1. The van der Waals surface area contributed by atoms with E-state index < -0.39 is 4.92 Å². The Morgan fingerprint density at radius 1 is 1.45 bits per heavy atom. The second-order valence-electron chi connectivity index (χ2n) is 4.43. The monoisotopic (exact) mass is 301 g/mol. The molecule has 0 saturated carbocycles. The highest BCUT2D eigenvalue weighted by molar-refractivity contribution is 6.30. The molecule has 0 bridgehead atoms. The lowest BCUT2D eigenvalue weighted by molar-refractivity contribution is -0.385. The van der Waals surface area contributed by atoms with Gasteiger partial charge in [0, 0.05) is 23.8 Å². The molecule has 20 heavy (non-hydrogen) atoms. The highest BCUT2D eigenvalue weighted by atomic mass is 35.5. The van der Waals surface area contributed by atoms with Crippen LogP contribution in [0, 0.1) is 10.1 Å². The van der Waals surface area contributed by atoms with E-state index in [0.29, 0.717) is 18.2 Å². The van der Waals surface area contributed by atoms with Gasteiger partial charge in [0.05, 0.1) is 24.2 Å². The maximum absolute atomic E-state index is 10.8. The summed E-state index contributed by atoms with van der Waals surface area (Å²) in [5.74, 6) is 0.156. The molecule has 0 spiro atoms. The maximum Gasteiger partial charge on any atom is 0.311 e. The summed E-state index contributed by atoms with van der Waals surface area (Å²) in [6, 6.07) is 4.21. The summed E-state index contributed by atoms with van der Waals surface area (Å²) in [5.41, 5.74) is -0.103. The van der Waals surface area contributed by atoms with E-state index in [1.54, 1.807) is 0 Å². The lowest BCUT2D eigenvalue weighted by Gasteiger charge is -2.11. The first kappa shape index (κ1) is 15.0. The molecule has 7 heteroatoms. The normalized spacial score (nSPS) is 18.1. The number of nitrogens with zero attached hydrogens (tertiary/aromatic N) is 1. The van der Waals surface area contributed by atoms with Crippen molar-refractivity contribution in [3.63, 3.8) is 0 Å². The zero-order chi connectivity index (χ0) is 14.4. The zero-order valence-electron chi connectivity index (χ0n) is 10.9. The predicted molar refractivity (Wildman–Crippen MR) is 73.4 cm³/mol. The molecule has 2 rings (SSSR count). The molecule has 6 nitrogen and oxygen atoms in total. The van der Waals surface area contributed by atoms with Crippen LogP contribution in [0.25, 0.3) is 0 Å². The first-order valence-electron chi connectivity index (χ1n) is 6.43. The highest BCUT2D eigenvalue weighted by Gasteiger charge is 2.16. The van der Waals surface area contributed by atoms with E-state index in [9.17, 15) is 10.1 Å². The topological polar surface area (TPSA) is 70.8 Å². The second kappa shape index (κ2) is 7.42. The van der Waals surface area contributed by atoms with Gasteiger partial charge in [0.2, 0.25) is 0 Å². The molecule has 1 aliphatic rings. The van der Waals surface area contributed by atoms with E-state index in [1.807, 2.05) is 0 Å². The number of hydrogen-bond acceptors (Lipinski definition) is 5. The van der Waals surface area contributed by atoms with Crippen molar-refractivity contribution in [3.8, 4) is 5.75 Å². The Morgan fingerprint density at radius 2 is 2.30 bits per heavy atom. The molecule has 0 aromatic heterocycles. The fourth-order valence-corrected chi connectivity index (χ4v) is 2.12. The molecular formula is C13H16ClNO5. The first-order chi connectivity index (χ1) is 9.66. The van der Waals surface area contributed by atoms with Crippen LogP contribution in [0.15, 0.2) is 18.2 Å². The van der Waals surface area contributed by atoms with Gasteiger partial charge >= 0.3 is 5.69 Å². The van der Waals surface area contributed by atoms with Gasteiger partial charge in [-0.1, -0.05) is 11.6 Å². The van der Waals surface area contributed by atoms with Crippen molar-refractivity contribution in [1.82, 2.24) is 0 Å². The Bertz CT molecular complexity index is 462. The molecule has 0 unspecified atom stereocenters. The summed E-state index contributed by atoms with van der Waals surface area (Å²) in [7, 11) is 0. The number of ether oxygens (including phenoxy) is 3. The Hall–Kier alpha value is -1.37. The van der Waals surface area contributed by atoms with E-state index in [4.69, 9.17) is 25.8 Å². The summed E-state index contributed by atoms with van der Waals surface area (Å²) in [4.78, 5) is 10.3. The minimum Gasteiger partial charge on any atom is -0.484 e. The summed E-state index contributed by atoms with van der Waals surface area (Å²) in [5, 5.41) is 11.2. The largest absolute Gasteiger partial charge is 0.484 e. The molecule has 1 heterocycles. The van der Waals surface area contributed by atoms with Gasteiger partial charge in [0.25, 0.3) is 0 Å². The van der Waals surface area contributed by atoms with Crippen molar-refractivity contribution >= 4 is 17.3 Å². The van der Waals surface area contributed by atoms with Crippen molar-refractivity contribution in [2.24, 2.45) is 0 Å². The summed E-state index contributed by atoms with van der Waals surface area (Å²) in [6.07, 6.45) is 2.25. The number of rotatable bonds is 7. The van der Waals surface area contributed by atoms with E-state index >= 15 is 0 Å². The number of nitro benzene ring substituents is 1. The first-order valence-corrected chi connectivity index (χ1v) is 6.80. The van der Waals surface area contributed by atoms with Gasteiger partial charge in [0.1, 0.15) is 6.61 Å². The molecule has 1 atom stereocenters. The lowest BCUT2D eigenvalue weighted by atomic mass is 10.2. The van der Waals surface area contributed by atoms with E-state index in [0.717, 1.165) is 19.4 Å². The fourth-order valence-electron chi connectivity index (χ4n) is 1.96. The highest BCUT2D eigenvalue weighted by Crippen LogP contribution is 2.29. The molecule has 0 N–H and O–H groups in total. The van der Waals surface area contributed by atoms with Gasteiger partial charge in [-0.3, -0.25) is 10.1 Å². The van der Waals surface area contributed by atoms with Crippen LogP contribution < -0.4 is 4.74 Å². The number of halogens is 1. The molecular weight excluding hydrogens is 286 g/mol. The van der Waals surface area contributed by atoms with Crippen LogP contribution in [-0.4, -0.2) is 37.5 Å².